The van der Waals surface area contributed by atoms with Gasteiger partial charge in [-0.25, -0.2) is 0 Å². The van der Waals surface area contributed by atoms with Gasteiger partial charge in [0.05, 0.1) is 27.7 Å². The maximum Gasteiger partial charge on any atom is 0.306 e. The zero-order valence-electron chi connectivity index (χ0n) is 65.7. The highest BCUT2D eigenvalue weighted by atomic mass is 31.2. The molecule has 0 spiro atoms. The van der Waals surface area contributed by atoms with E-state index in [1.807, 2.05) is 21.1 Å². The molecular formula is C88H164NO8P. The molecule has 0 aliphatic heterocycles. The molecule has 9 nitrogen and oxygen atoms in total. The van der Waals surface area contributed by atoms with Gasteiger partial charge in [-0.2, -0.15) is 0 Å². The Labute approximate surface area is 609 Å². The van der Waals surface area contributed by atoms with E-state index in [4.69, 9.17) is 18.5 Å². The minimum atomic E-state index is -4.65. The van der Waals surface area contributed by atoms with Gasteiger partial charge in [-0.15, -0.1) is 0 Å². The van der Waals surface area contributed by atoms with Gasteiger partial charge in [0.25, 0.3) is 7.82 Å². The van der Waals surface area contributed by atoms with Crippen molar-refractivity contribution in [1.82, 2.24) is 0 Å². The second-order valence-electron chi connectivity index (χ2n) is 30.2. The first-order valence-corrected chi connectivity index (χ1v) is 44.1. The molecule has 0 radical (unpaired) electrons. The lowest BCUT2D eigenvalue weighted by molar-refractivity contribution is -0.870. The molecule has 0 N–H and O–H groups in total. The van der Waals surface area contributed by atoms with Crippen molar-refractivity contribution in [3.8, 4) is 0 Å². The Hall–Kier alpha value is -2.55. The number of quaternary nitrogens is 1. The maximum absolute atomic E-state index is 12.9. The number of rotatable bonds is 80. The normalized spacial score (nSPS) is 13.3. The molecule has 0 saturated carbocycles. The van der Waals surface area contributed by atoms with Crippen LogP contribution in [0, 0.1) is 0 Å². The van der Waals surface area contributed by atoms with E-state index in [0.29, 0.717) is 17.4 Å². The largest absolute Gasteiger partial charge is 0.756 e. The summed E-state index contributed by atoms with van der Waals surface area (Å²) in [5.41, 5.74) is 0. The second-order valence-corrected chi connectivity index (χ2v) is 31.6. The van der Waals surface area contributed by atoms with Gasteiger partial charge in [0.15, 0.2) is 6.10 Å². The van der Waals surface area contributed by atoms with E-state index in [9.17, 15) is 19.0 Å². The molecule has 0 amide bonds. The van der Waals surface area contributed by atoms with Crippen LogP contribution in [0.4, 0.5) is 0 Å². The molecule has 0 heterocycles. The van der Waals surface area contributed by atoms with Gasteiger partial charge in [-0.3, -0.25) is 14.2 Å². The Kier molecular flexibility index (Phi) is 76.5. The van der Waals surface area contributed by atoms with Crippen molar-refractivity contribution in [2.45, 2.75) is 431 Å². The highest BCUT2D eigenvalue weighted by Crippen LogP contribution is 2.38. The van der Waals surface area contributed by atoms with Crippen LogP contribution < -0.4 is 4.89 Å². The summed E-state index contributed by atoms with van der Waals surface area (Å²) in [4.78, 5) is 38.2. The molecule has 0 aliphatic carbocycles. The zero-order chi connectivity index (χ0) is 71.1. The van der Waals surface area contributed by atoms with Crippen LogP contribution in [0.25, 0.3) is 0 Å². The summed E-state index contributed by atoms with van der Waals surface area (Å²) in [6.07, 6.45) is 108. The van der Waals surface area contributed by atoms with Gasteiger partial charge < -0.3 is 27.9 Å². The lowest BCUT2D eigenvalue weighted by atomic mass is 10.0. The zero-order valence-corrected chi connectivity index (χ0v) is 66.6. The first-order chi connectivity index (χ1) is 48.0. The number of phosphoric ester groups is 1. The van der Waals surface area contributed by atoms with E-state index in [1.165, 1.54) is 321 Å². The van der Waals surface area contributed by atoms with Crippen LogP contribution in [0.15, 0.2) is 72.9 Å². The van der Waals surface area contributed by atoms with Crippen molar-refractivity contribution in [3.05, 3.63) is 72.9 Å². The molecule has 0 aromatic rings. The van der Waals surface area contributed by atoms with Crippen LogP contribution in [0.5, 0.6) is 0 Å². The Morgan fingerprint density at radius 3 is 0.878 bits per heavy atom. The van der Waals surface area contributed by atoms with Crippen LogP contribution in [-0.2, 0) is 32.7 Å². The molecule has 0 aromatic heterocycles. The first-order valence-electron chi connectivity index (χ1n) is 42.6. The number of hydrogen-bond donors (Lipinski definition) is 0. The average molecular weight is 1400 g/mol. The number of allylic oxidation sites excluding steroid dienone is 12. The maximum atomic E-state index is 12.9. The van der Waals surface area contributed by atoms with E-state index in [-0.39, 0.29) is 32.0 Å². The van der Waals surface area contributed by atoms with E-state index >= 15 is 0 Å². The summed E-state index contributed by atoms with van der Waals surface area (Å²) >= 11 is 0. The summed E-state index contributed by atoms with van der Waals surface area (Å²) in [6.45, 7) is 4.20. The first kappa shape index (κ1) is 95.5. The fraction of sp³-hybridized carbons (Fsp3) is 0.841. The summed E-state index contributed by atoms with van der Waals surface area (Å²) < 4.78 is 34.5. The number of ether oxygens (including phenoxy) is 2. The number of esters is 2. The minimum absolute atomic E-state index is 0.0291. The number of carbonyl (C=O) groups excluding carboxylic acids is 2. The van der Waals surface area contributed by atoms with Gasteiger partial charge in [0.1, 0.15) is 19.8 Å². The molecule has 0 rings (SSSR count). The quantitative estimate of drug-likeness (QED) is 0.0195. The lowest BCUT2D eigenvalue weighted by Crippen LogP contribution is -2.37. The van der Waals surface area contributed by atoms with Gasteiger partial charge >= 0.3 is 11.9 Å². The second kappa shape index (κ2) is 78.6. The van der Waals surface area contributed by atoms with Gasteiger partial charge in [0, 0.05) is 12.8 Å². The average Bonchev–Trinajstić information content (AvgIpc) is 1.08. The molecule has 0 aliphatic rings. The highest BCUT2D eigenvalue weighted by molar-refractivity contribution is 7.45. The molecule has 0 saturated heterocycles. The monoisotopic (exact) mass is 1390 g/mol. The molecule has 0 bridgehead atoms. The molecule has 574 valence electrons. The van der Waals surface area contributed by atoms with Crippen LogP contribution in [0.3, 0.4) is 0 Å². The van der Waals surface area contributed by atoms with E-state index in [2.05, 4.69) is 86.8 Å². The standard InChI is InChI=1S/C88H164NO8P/c1-6-8-10-12-14-16-18-20-22-24-26-28-30-32-34-36-38-40-42-43-44-45-47-48-50-52-54-56-58-60-62-64-66-68-70-72-74-76-78-80-87(90)94-84-86(85-96-98(92,93)95-83-82-89(3,4)5)97-88(91)81-79-77-75-73-71-69-67-65-63-61-59-57-55-53-51-49-46-41-39-37-35-33-31-29-27-25-23-21-19-17-15-13-11-9-7-2/h9,11,15,17,21,23-24,26-27,29,33,35,86H,6-8,10,12-14,16,18-20,22,25,28,30-32,34,36-85H2,1-5H3/b11-9-,17-15-,23-21-,26-24-,29-27-,35-33-. The van der Waals surface area contributed by atoms with E-state index < -0.39 is 26.5 Å². The van der Waals surface area contributed by atoms with Crippen LogP contribution in [-0.4, -0.2) is 70.0 Å². The SMILES string of the molecule is CC/C=C\C/C=C\C/C=C\C/C=C\C/C=C\CCCCCCCCCCCCCCCCCCCCCC(=O)OC(COC(=O)CCCCCCCCCCCCCCCCCCCCCCCCCCCCC/C=C\CCCCCCCCCC)COP(=O)([O-])OCC[N+](C)(C)C. The van der Waals surface area contributed by atoms with E-state index in [1.54, 1.807) is 0 Å². The topological polar surface area (TPSA) is 111 Å². The fourth-order valence-corrected chi connectivity index (χ4v) is 13.5. The number of nitrogens with zero attached hydrogens (tertiary/aromatic N) is 1. The predicted octanol–water partition coefficient (Wildman–Crippen LogP) is 28.0. The third-order valence-corrected chi connectivity index (χ3v) is 20.2. The fourth-order valence-electron chi connectivity index (χ4n) is 12.7. The molecule has 2 atom stereocenters. The summed E-state index contributed by atoms with van der Waals surface area (Å²) in [6, 6.07) is 0. The Balaban J connectivity index is 3.88. The molecule has 98 heavy (non-hydrogen) atoms. The van der Waals surface area contributed by atoms with Gasteiger partial charge in [-0.05, 0) is 83.5 Å². The predicted molar refractivity (Wildman–Crippen MR) is 425 cm³/mol. The molecule has 0 fully saturated rings. The van der Waals surface area contributed by atoms with Crippen LogP contribution in [0.1, 0.15) is 425 Å². The lowest BCUT2D eigenvalue weighted by Gasteiger charge is -2.28. The number of hydrogen-bond acceptors (Lipinski definition) is 8. The molecular weight excluding hydrogens is 1230 g/mol. The third-order valence-electron chi connectivity index (χ3n) is 19.2. The van der Waals surface area contributed by atoms with Crippen molar-refractivity contribution in [1.29, 1.82) is 0 Å². The van der Waals surface area contributed by atoms with Crippen molar-refractivity contribution in [2.75, 3.05) is 47.5 Å². The number of likely N-dealkylation sites (N-methyl/N-ethyl adjacent to an activating group) is 1. The smallest absolute Gasteiger partial charge is 0.306 e. The Bertz CT molecular complexity index is 1890. The molecule has 10 heteroatoms. The van der Waals surface area contributed by atoms with E-state index in [0.717, 1.165) is 70.6 Å². The van der Waals surface area contributed by atoms with Crippen molar-refractivity contribution in [3.63, 3.8) is 0 Å². The van der Waals surface area contributed by atoms with Crippen molar-refractivity contribution < 1.29 is 42.1 Å². The van der Waals surface area contributed by atoms with Crippen LogP contribution in [0.2, 0.25) is 0 Å². The van der Waals surface area contributed by atoms with Crippen molar-refractivity contribution >= 4 is 19.8 Å². The molecule has 2 unspecified atom stereocenters. The van der Waals surface area contributed by atoms with Gasteiger partial charge in [0.2, 0.25) is 0 Å². The highest BCUT2D eigenvalue weighted by Gasteiger charge is 2.22. The molecule has 0 aromatic carbocycles. The third kappa shape index (κ3) is 82.4. The summed E-state index contributed by atoms with van der Waals surface area (Å²) in [5, 5.41) is 0. The van der Waals surface area contributed by atoms with Crippen molar-refractivity contribution in [2.24, 2.45) is 0 Å². The number of carbonyl (C=O) groups is 2. The Morgan fingerprint density at radius 1 is 0.327 bits per heavy atom. The van der Waals surface area contributed by atoms with Crippen LogP contribution >= 0.6 is 7.82 Å². The summed E-state index contributed by atoms with van der Waals surface area (Å²) in [5.74, 6) is -0.810. The Morgan fingerprint density at radius 2 is 0.582 bits per heavy atom. The minimum Gasteiger partial charge on any atom is -0.756 e. The number of unbranched alkanes of at least 4 members (excludes halogenated alkanes) is 54. The summed E-state index contributed by atoms with van der Waals surface area (Å²) in [7, 11) is 1.19. The van der Waals surface area contributed by atoms with Gasteiger partial charge in [-0.1, -0.05) is 401 Å². The number of phosphoric acid groups is 1.